The Bertz CT molecular complexity index is 448. The second-order valence-electron chi connectivity index (χ2n) is 6.98. The minimum absolute atomic E-state index is 0.251. The molecule has 0 aromatic carbocycles. The molecule has 2 rings (SSSR count). The summed E-state index contributed by atoms with van der Waals surface area (Å²) in [7, 11) is 0. The fraction of sp³-hybridized carbons (Fsp3) is 0.778. The smallest absolute Gasteiger partial charge is 0.121 e. The van der Waals surface area contributed by atoms with Crippen molar-refractivity contribution in [1.82, 2.24) is 10.2 Å². The highest BCUT2D eigenvalue weighted by Gasteiger charge is 2.40. The van der Waals surface area contributed by atoms with Gasteiger partial charge in [-0.15, -0.1) is 0 Å². The maximum Gasteiger partial charge on any atom is 0.121 e. The summed E-state index contributed by atoms with van der Waals surface area (Å²) in [6, 6.07) is 5.12. The van der Waals surface area contributed by atoms with Gasteiger partial charge in [0, 0.05) is 24.7 Å². The van der Waals surface area contributed by atoms with Crippen LogP contribution in [0.15, 0.2) is 16.5 Å². The zero-order valence-corrected chi connectivity index (χ0v) is 14.6. The lowest BCUT2D eigenvalue weighted by Gasteiger charge is -2.50. The summed E-state index contributed by atoms with van der Waals surface area (Å²) in [4.78, 5) is 2.66. The summed E-state index contributed by atoms with van der Waals surface area (Å²) in [5.74, 6) is 2.74. The number of nitrogens with zero attached hydrogens (tertiary/aromatic N) is 1. The van der Waals surface area contributed by atoms with E-state index in [1.54, 1.807) is 0 Å². The molecule has 0 saturated carbocycles. The Morgan fingerprint density at radius 3 is 2.43 bits per heavy atom. The van der Waals surface area contributed by atoms with Crippen molar-refractivity contribution < 1.29 is 4.42 Å². The maximum atomic E-state index is 5.90. The molecule has 3 heteroatoms. The van der Waals surface area contributed by atoms with Gasteiger partial charge in [0.15, 0.2) is 0 Å². The Morgan fingerprint density at radius 1 is 1.29 bits per heavy atom. The maximum absolute atomic E-state index is 5.90. The van der Waals surface area contributed by atoms with Gasteiger partial charge in [-0.05, 0) is 44.7 Å². The van der Waals surface area contributed by atoms with E-state index in [1.807, 2.05) is 6.92 Å². The van der Waals surface area contributed by atoms with Gasteiger partial charge in [0.05, 0.1) is 6.04 Å². The molecule has 0 spiro atoms. The SMILES string of the molecule is CCC1(CC)CN(C(C)c2ccc(C)o2)C(C(C)C)CN1. The van der Waals surface area contributed by atoms with Crippen molar-refractivity contribution in [3.8, 4) is 0 Å². The van der Waals surface area contributed by atoms with Crippen molar-refractivity contribution >= 4 is 0 Å². The lowest BCUT2D eigenvalue weighted by atomic mass is 9.85. The van der Waals surface area contributed by atoms with E-state index in [-0.39, 0.29) is 5.54 Å². The Morgan fingerprint density at radius 2 is 1.95 bits per heavy atom. The van der Waals surface area contributed by atoms with Crippen LogP contribution in [0.1, 0.15) is 65.0 Å². The summed E-state index contributed by atoms with van der Waals surface area (Å²) in [6.45, 7) is 15.7. The van der Waals surface area contributed by atoms with Gasteiger partial charge in [-0.3, -0.25) is 4.90 Å². The van der Waals surface area contributed by atoms with E-state index in [0.29, 0.717) is 18.0 Å². The molecule has 3 nitrogen and oxygen atoms in total. The summed E-state index contributed by atoms with van der Waals surface area (Å²) in [6.07, 6.45) is 2.35. The molecule has 0 bridgehead atoms. The van der Waals surface area contributed by atoms with E-state index >= 15 is 0 Å². The van der Waals surface area contributed by atoms with E-state index < -0.39 is 0 Å². The predicted molar refractivity (Wildman–Crippen MR) is 88.5 cm³/mol. The first kappa shape index (κ1) is 16.6. The molecule has 0 radical (unpaired) electrons. The van der Waals surface area contributed by atoms with E-state index in [1.165, 1.54) is 12.8 Å². The summed E-state index contributed by atoms with van der Waals surface area (Å²) in [5.41, 5.74) is 0.251. The fourth-order valence-electron chi connectivity index (χ4n) is 3.57. The average Bonchev–Trinajstić information content (AvgIpc) is 2.92. The van der Waals surface area contributed by atoms with Crippen LogP contribution in [0, 0.1) is 12.8 Å². The van der Waals surface area contributed by atoms with Crippen molar-refractivity contribution in [2.45, 2.75) is 72.0 Å². The highest BCUT2D eigenvalue weighted by Crippen LogP contribution is 2.33. The minimum atomic E-state index is 0.251. The Balaban J connectivity index is 2.25. The van der Waals surface area contributed by atoms with Crippen molar-refractivity contribution in [2.75, 3.05) is 13.1 Å². The first-order valence-electron chi connectivity index (χ1n) is 8.49. The number of furan rings is 1. The van der Waals surface area contributed by atoms with Gasteiger partial charge in [-0.25, -0.2) is 0 Å². The zero-order valence-electron chi connectivity index (χ0n) is 14.6. The van der Waals surface area contributed by atoms with Crippen LogP contribution in [-0.4, -0.2) is 29.6 Å². The third-order valence-corrected chi connectivity index (χ3v) is 5.39. The van der Waals surface area contributed by atoms with Crippen LogP contribution in [0.5, 0.6) is 0 Å². The topological polar surface area (TPSA) is 28.4 Å². The quantitative estimate of drug-likeness (QED) is 0.884. The lowest BCUT2D eigenvalue weighted by Crippen LogP contribution is -2.65. The molecule has 1 aliphatic heterocycles. The molecule has 0 aliphatic carbocycles. The predicted octanol–water partition coefficient (Wildman–Crippen LogP) is 4.14. The molecule has 0 amide bonds. The summed E-state index contributed by atoms with van der Waals surface area (Å²) in [5, 5.41) is 3.83. The van der Waals surface area contributed by atoms with Gasteiger partial charge in [-0.1, -0.05) is 27.7 Å². The number of nitrogens with one attached hydrogen (secondary N) is 1. The number of rotatable bonds is 5. The number of aryl methyl sites for hydroxylation is 1. The molecule has 1 fully saturated rings. The monoisotopic (exact) mass is 292 g/mol. The van der Waals surface area contributed by atoms with Gasteiger partial charge in [0.1, 0.15) is 11.5 Å². The molecule has 1 aliphatic rings. The molecular weight excluding hydrogens is 260 g/mol. The van der Waals surface area contributed by atoms with Crippen molar-refractivity contribution in [3.05, 3.63) is 23.7 Å². The summed E-state index contributed by atoms with van der Waals surface area (Å²) >= 11 is 0. The number of piperazine rings is 1. The third kappa shape index (κ3) is 3.35. The van der Waals surface area contributed by atoms with Crippen molar-refractivity contribution in [1.29, 1.82) is 0 Å². The fourth-order valence-corrected chi connectivity index (χ4v) is 3.57. The second kappa shape index (κ2) is 6.53. The van der Waals surface area contributed by atoms with Crippen LogP contribution in [0.2, 0.25) is 0 Å². The van der Waals surface area contributed by atoms with Gasteiger partial charge in [0.25, 0.3) is 0 Å². The molecule has 2 unspecified atom stereocenters. The van der Waals surface area contributed by atoms with Crippen LogP contribution >= 0.6 is 0 Å². The van der Waals surface area contributed by atoms with Gasteiger partial charge in [0.2, 0.25) is 0 Å². The highest BCUT2D eigenvalue weighted by atomic mass is 16.3. The Labute approximate surface area is 130 Å². The second-order valence-corrected chi connectivity index (χ2v) is 6.98. The lowest BCUT2D eigenvalue weighted by molar-refractivity contribution is 0.0148. The molecule has 2 atom stereocenters. The molecule has 1 N–H and O–H groups in total. The molecule has 1 saturated heterocycles. The van der Waals surface area contributed by atoms with Gasteiger partial charge >= 0.3 is 0 Å². The first-order chi connectivity index (χ1) is 9.92. The van der Waals surface area contributed by atoms with Crippen LogP contribution in [0.4, 0.5) is 0 Å². The number of hydrogen-bond acceptors (Lipinski definition) is 3. The highest BCUT2D eigenvalue weighted by molar-refractivity contribution is 5.11. The molecule has 2 heterocycles. The van der Waals surface area contributed by atoms with Crippen LogP contribution in [0.25, 0.3) is 0 Å². The zero-order chi connectivity index (χ0) is 15.6. The third-order valence-electron chi connectivity index (χ3n) is 5.39. The molecular formula is C18H32N2O. The Hall–Kier alpha value is -0.800. The van der Waals surface area contributed by atoms with Crippen molar-refractivity contribution in [2.24, 2.45) is 5.92 Å². The molecule has 1 aromatic rings. The minimum Gasteiger partial charge on any atom is -0.465 e. The van der Waals surface area contributed by atoms with Gasteiger partial charge < -0.3 is 9.73 Å². The van der Waals surface area contributed by atoms with Crippen LogP contribution in [-0.2, 0) is 0 Å². The standard InChI is InChI=1S/C18H32N2O/c1-7-18(8-2)12-20(16(11-19-18)13(3)4)15(6)17-10-9-14(5)21-17/h9-10,13,15-16,19H,7-8,11-12H2,1-6H3. The van der Waals surface area contributed by atoms with Crippen LogP contribution < -0.4 is 5.32 Å². The molecule has 21 heavy (non-hydrogen) atoms. The first-order valence-corrected chi connectivity index (χ1v) is 8.49. The Kier molecular flexibility index (Phi) is 5.15. The van der Waals surface area contributed by atoms with E-state index in [2.05, 4.69) is 57.0 Å². The van der Waals surface area contributed by atoms with Gasteiger partial charge in [-0.2, -0.15) is 0 Å². The average molecular weight is 292 g/mol. The normalized spacial score (nSPS) is 24.4. The summed E-state index contributed by atoms with van der Waals surface area (Å²) < 4.78 is 5.90. The molecule has 1 aromatic heterocycles. The molecule has 120 valence electrons. The van der Waals surface area contributed by atoms with E-state index in [9.17, 15) is 0 Å². The largest absolute Gasteiger partial charge is 0.465 e. The number of hydrogen-bond donors (Lipinski definition) is 1. The van der Waals surface area contributed by atoms with Crippen molar-refractivity contribution in [3.63, 3.8) is 0 Å². The van der Waals surface area contributed by atoms with E-state index in [0.717, 1.165) is 24.6 Å². The van der Waals surface area contributed by atoms with Crippen LogP contribution in [0.3, 0.4) is 0 Å². The van der Waals surface area contributed by atoms with E-state index in [4.69, 9.17) is 4.42 Å².